The number of hydrogen-bond acceptors (Lipinski definition) is 3. The molecule has 1 heterocycles. The van der Waals surface area contributed by atoms with E-state index in [-0.39, 0.29) is 6.04 Å². The van der Waals surface area contributed by atoms with Crippen LogP contribution in [-0.2, 0) is 6.61 Å². The fourth-order valence-electron chi connectivity index (χ4n) is 4.50. The molecule has 1 saturated heterocycles. The van der Waals surface area contributed by atoms with Gasteiger partial charge < -0.3 is 10.1 Å². The van der Waals surface area contributed by atoms with E-state index in [9.17, 15) is 0 Å². The third-order valence-electron chi connectivity index (χ3n) is 6.08. The van der Waals surface area contributed by atoms with Crippen molar-refractivity contribution in [2.75, 3.05) is 26.2 Å². The van der Waals surface area contributed by atoms with E-state index in [0.29, 0.717) is 6.61 Å². The second kappa shape index (κ2) is 9.34. The highest BCUT2D eigenvalue weighted by molar-refractivity contribution is 5.86. The highest BCUT2D eigenvalue weighted by Gasteiger charge is 2.25. The zero-order chi connectivity index (χ0) is 20.9. The van der Waals surface area contributed by atoms with Crippen LogP contribution in [0.1, 0.15) is 22.7 Å². The van der Waals surface area contributed by atoms with Crippen LogP contribution < -0.4 is 10.1 Å². The van der Waals surface area contributed by atoms with Crippen molar-refractivity contribution in [1.29, 1.82) is 0 Å². The van der Waals surface area contributed by atoms with Gasteiger partial charge in [-0.1, -0.05) is 84.9 Å². The van der Waals surface area contributed by atoms with Gasteiger partial charge in [-0.2, -0.15) is 0 Å². The molecule has 0 unspecified atom stereocenters. The Bertz CT molecular complexity index is 1110. The molecule has 0 bridgehead atoms. The van der Waals surface area contributed by atoms with Crippen molar-refractivity contribution in [2.45, 2.75) is 12.6 Å². The standard InChI is InChI=1S/C28H28N2O/c1-2-7-22(8-3-1)21-31-25-15-13-24(14-16-25)28(30-19-17-29-18-20-30)27-12-6-10-23-9-4-5-11-26(23)27/h1-16,28-29H,17-21H2/t28-/m0/s1. The van der Waals surface area contributed by atoms with E-state index in [0.717, 1.165) is 31.9 Å². The molecular formula is C28H28N2O. The van der Waals surface area contributed by atoms with Crippen LogP contribution in [0.5, 0.6) is 5.75 Å². The summed E-state index contributed by atoms with van der Waals surface area (Å²) >= 11 is 0. The number of nitrogens with one attached hydrogen (secondary N) is 1. The number of nitrogens with zero attached hydrogens (tertiary/aromatic N) is 1. The number of piperazine rings is 1. The van der Waals surface area contributed by atoms with Gasteiger partial charge in [0.25, 0.3) is 0 Å². The lowest BCUT2D eigenvalue weighted by Crippen LogP contribution is -2.45. The van der Waals surface area contributed by atoms with E-state index in [1.165, 1.54) is 27.5 Å². The first-order chi connectivity index (χ1) is 15.4. The van der Waals surface area contributed by atoms with Gasteiger partial charge in [0.15, 0.2) is 0 Å². The van der Waals surface area contributed by atoms with Crippen LogP contribution in [0.25, 0.3) is 10.8 Å². The Labute approximate surface area is 184 Å². The molecule has 31 heavy (non-hydrogen) atoms. The van der Waals surface area contributed by atoms with E-state index < -0.39 is 0 Å². The first-order valence-electron chi connectivity index (χ1n) is 11.1. The predicted octanol–water partition coefficient (Wildman–Crippen LogP) is 5.41. The SMILES string of the molecule is c1ccc(COc2ccc([C@@H](c3cccc4ccccc34)N3CCNCC3)cc2)cc1. The summed E-state index contributed by atoms with van der Waals surface area (Å²) in [4.78, 5) is 2.60. The topological polar surface area (TPSA) is 24.5 Å². The highest BCUT2D eigenvalue weighted by Crippen LogP contribution is 2.34. The van der Waals surface area contributed by atoms with Crippen molar-refractivity contribution in [1.82, 2.24) is 10.2 Å². The molecule has 0 spiro atoms. The van der Waals surface area contributed by atoms with Crippen LogP contribution in [0.3, 0.4) is 0 Å². The summed E-state index contributed by atoms with van der Waals surface area (Å²) in [7, 11) is 0. The number of benzene rings is 4. The van der Waals surface area contributed by atoms with Crippen LogP contribution >= 0.6 is 0 Å². The summed E-state index contributed by atoms with van der Waals surface area (Å²) in [6.45, 7) is 4.73. The minimum Gasteiger partial charge on any atom is -0.489 e. The Hall–Kier alpha value is -3.14. The summed E-state index contributed by atoms with van der Waals surface area (Å²) in [5.74, 6) is 0.907. The fraction of sp³-hybridized carbons (Fsp3) is 0.214. The summed E-state index contributed by atoms with van der Waals surface area (Å²) in [6.07, 6.45) is 0. The fourth-order valence-corrected chi connectivity index (χ4v) is 4.50. The predicted molar refractivity (Wildman–Crippen MR) is 127 cm³/mol. The molecule has 4 aromatic rings. The van der Waals surface area contributed by atoms with Crippen LogP contribution in [0.2, 0.25) is 0 Å². The van der Waals surface area contributed by atoms with E-state index in [2.05, 4.69) is 89.1 Å². The molecule has 1 atom stereocenters. The average Bonchev–Trinajstić information content (AvgIpc) is 2.85. The molecule has 3 heteroatoms. The molecule has 5 rings (SSSR count). The number of ether oxygens (including phenoxy) is 1. The molecule has 156 valence electrons. The smallest absolute Gasteiger partial charge is 0.119 e. The van der Waals surface area contributed by atoms with Gasteiger partial charge in [-0.3, -0.25) is 4.90 Å². The third-order valence-corrected chi connectivity index (χ3v) is 6.08. The molecule has 1 aliphatic rings. The van der Waals surface area contributed by atoms with Gasteiger partial charge in [0.2, 0.25) is 0 Å². The molecule has 1 fully saturated rings. The van der Waals surface area contributed by atoms with Gasteiger partial charge in [-0.15, -0.1) is 0 Å². The van der Waals surface area contributed by atoms with Crippen molar-refractivity contribution in [3.63, 3.8) is 0 Å². The number of hydrogen-bond donors (Lipinski definition) is 1. The lowest BCUT2D eigenvalue weighted by atomic mass is 9.92. The van der Waals surface area contributed by atoms with Gasteiger partial charge in [-0.25, -0.2) is 0 Å². The zero-order valence-corrected chi connectivity index (χ0v) is 17.7. The maximum absolute atomic E-state index is 6.02. The molecule has 0 amide bonds. The Morgan fingerprint density at radius 3 is 2.26 bits per heavy atom. The maximum atomic E-state index is 6.02. The Balaban J connectivity index is 1.45. The Morgan fingerprint density at radius 1 is 0.742 bits per heavy atom. The van der Waals surface area contributed by atoms with Crippen LogP contribution in [0.15, 0.2) is 97.1 Å². The largest absolute Gasteiger partial charge is 0.489 e. The second-order valence-electron chi connectivity index (χ2n) is 8.10. The lowest BCUT2D eigenvalue weighted by Gasteiger charge is -2.36. The number of fused-ring (bicyclic) bond motifs is 1. The molecule has 0 saturated carbocycles. The van der Waals surface area contributed by atoms with E-state index in [4.69, 9.17) is 4.74 Å². The van der Waals surface area contributed by atoms with Gasteiger partial charge in [-0.05, 0) is 39.6 Å². The van der Waals surface area contributed by atoms with Crippen molar-refractivity contribution in [2.24, 2.45) is 0 Å². The highest BCUT2D eigenvalue weighted by atomic mass is 16.5. The van der Waals surface area contributed by atoms with Crippen molar-refractivity contribution >= 4 is 10.8 Å². The van der Waals surface area contributed by atoms with Gasteiger partial charge in [0, 0.05) is 26.2 Å². The molecule has 0 aliphatic carbocycles. The summed E-state index contributed by atoms with van der Waals surface area (Å²) in [5.41, 5.74) is 3.87. The molecule has 1 aliphatic heterocycles. The van der Waals surface area contributed by atoms with E-state index in [1.807, 2.05) is 18.2 Å². The van der Waals surface area contributed by atoms with Gasteiger partial charge in [0.05, 0.1) is 6.04 Å². The maximum Gasteiger partial charge on any atom is 0.119 e. The Kier molecular flexibility index (Phi) is 5.96. The molecule has 1 N–H and O–H groups in total. The summed E-state index contributed by atoms with van der Waals surface area (Å²) in [5, 5.41) is 6.12. The molecule has 0 aromatic heterocycles. The van der Waals surface area contributed by atoms with Crippen LogP contribution in [0, 0.1) is 0 Å². The minimum absolute atomic E-state index is 0.233. The van der Waals surface area contributed by atoms with Crippen LogP contribution in [0.4, 0.5) is 0 Å². The van der Waals surface area contributed by atoms with Gasteiger partial charge >= 0.3 is 0 Å². The molecule has 0 radical (unpaired) electrons. The molecular weight excluding hydrogens is 380 g/mol. The third kappa shape index (κ3) is 4.48. The minimum atomic E-state index is 0.233. The van der Waals surface area contributed by atoms with E-state index >= 15 is 0 Å². The van der Waals surface area contributed by atoms with Crippen LogP contribution in [-0.4, -0.2) is 31.1 Å². The number of rotatable bonds is 6. The summed E-state index contributed by atoms with van der Waals surface area (Å²) in [6, 6.07) is 34.6. The average molecular weight is 409 g/mol. The molecule has 4 aromatic carbocycles. The lowest BCUT2D eigenvalue weighted by molar-refractivity contribution is 0.199. The van der Waals surface area contributed by atoms with E-state index in [1.54, 1.807) is 0 Å². The quantitative estimate of drug-likeness (QED) is 0.461. The van der Waals surface area contributed by atoms with Crippen molar-refractivity contribution < 1.29 is 4.74 Å². The van der Waals surface area contributed by atoms with Gasteiger partial charge in [0.1, 0.15) is 12.4 Å². The second-order valence-corrected chi connectivity index (χ2v) is 8.10. The Morgan fingerprint density at radius 2 is 1.45 bits per heavy atom. The molecule has 3 nitrogen and oxygen atoms in total. The van der Waals surface area contributed by atoms with Crippen molar-refractivity contribution in [3.05, 3.63) is 114 Å². The zero-order valence-electron chi connectivity index (χ0n) is 17.7. The first kappa shape index (κ1) is 19.8. The normalized spacial score (nSPS) is 15.6. The monoisotopic (exact) mass is 408 g/mol. The summed E-state index contributed by atoms with van der Waals surface area (Å²) < 4.78 is 6.02. The first-order valence-corrected chi connectivity index (χ1v) is 11.1. The van der Waals surface area contributed by atoms with Crippen molar-refractivity contribution in [3.8, 4) is 5.75 Å².